The Balaban J connectivity index is 2.20. The van der Waals surface area contributed by atoms with E-state index in [-0.39, 0.29) is 12.0 Å². The summed E-state index contributed by atoms with van der Waals surface area (Å²) < 4.78 is 5.13. The third-order valence-corrected chi connectivity index (χ3v) is 4.44. The van der Waals surface area contributed by atoms with E-state index in [1.54, 1.807) is 7.11 Å². The van der Waals surface area contributed by atoms with Gasteiger partial charge < -0.3 is 14.8 Å². The van der Waals surface area contributed by atoms with Crippen LogP contribution in [0.3, 0.4) is 0 Å². The van der Waals surface area contributed by atoms with Gasteiger partial charge in [0.15, 0.2) is 0 Å². The molecule has 0 saturated carbocycles. The summed E-state index contributed by atoms with van der Waals surface area (Å²) in [4.78, 5) is 31.6. The molecule has 2 rings (SSSR count). The number of hydrogen-bond acceptors (Lipinski definition) is 5. The minimum atomic E-state index is -0.801. The van der Waals surface area contributed by atoms with Gasteiger partial charge >= 0.3 is 5.97 Å². The Bertz CT molecular complexity index is 705. The summed E-state index contributed by atoms with van der Waals surface area (Å²) in [5.74, 6) is -0.187. The number of aryl methyl sites for hydroxylation is 2. The van der Waals surface area contributed by atoms with Crippen molar-refractivity contribution in [3.8, 4) is 0 Å². The van der Waals surface area contributed by atoms with Gasteiger partial charge in [0, 0.05) is 24.8 Å². The molecule has 0 spiro atoms. The monoisotopic (exact) mass is 310 g/mol. The molecule has 6 nitrogen and oxygen atoms in total. The summed E-state index contributed by atoms with van der Waals surface area (Å²) in [5.41, 5.74) is 0.785. The third kappa shape index (κ3) is 3.68. The molecule has 0 aliphatic rings. The number of nitrogens with zero attached hydrogens (tertiary/aromatic N) is 1. The molecule has 2 aromatic rings. The average molecular weight is 310 g/mol. The highest BCUT2D eigenvalue weighted by Crippen LogP contribution is 2.27. The van der Waals surface area contributed by atoms with Gasteiger partial charge in [0.1, 0.15) is 10.7 Å². The van der Waals surface area contributed by atoms with E-state index in [1.807, 2.05) is 6.92 Å². The van der Waals surface area contributed by atoms with E-state index in [2.05, 4.69) is 9.97 Å². The summed E-state index contributed by atoms with van der Waals surface area (Å²) in [7, 11) is 1.62. The molecule has 2 aromatic heterocycles. The summed E-state index contributed by atoms with van der Waals surface area (Å²) >= 11 is 1.47. The second kappa shape index (κ2) is 6.82. The van der Waals surface area contributed by atoms with E-state index < -0.39 is 5.97 Å². The van der Waals surface area contributed by atoms with Gasteiger partial charge in [0.05, 0.1) is 12.0 Å². The lowest BCUT2D eigenvalue weighted by Crippen LogP contribution is -2.11. The summed E-state index contributed by atoms with van der Waals surface area (Å²) in [6.07, 6.45) is 1.99. The number of carboxylic acid groups (broad SMARTS) is 1. The number of aliphatic carboxylic acids is 1. The number of methoxy groups -OCH3 is 1. The van der Waals surface area contributed by atoms with Crippen LogP contribution in [0.2, 0.25) is 0 Å². The Morgan fingerprint density at radius 1 is 1.43 bits per heavy atom. The van der Waals surface area contributed by atoms with Gasteiger partial charge in [0.2, 0.25) is 0 Å². The fourth-order valence-corrected chi connectivity index (χ4v) is 3.36. The lowest BCUT2D eigenvalue weighted by atomic mass is 10.2. The molecule has 0 aliphatic carbocycles. The zero-order valence-electron chi connectivity index (χ0n) is 12.1. The van der Waals surface area contributed by atoms with Crippen molar-refractivity contribution in [3.63, 3.8) is 0 Å². The second-order valence-corrected chi connectivity index (χ2v) is 5.96. The molecule has 2 heterocycles. The molecule has 7 heteroatoms. The van der Waals surface area contributed by atoms with Crippen molar-refractivity contribution in [2.75, 3.05) is 7.11 Å². The van der Waals surface area contributed by atoms with Crippen LogP contribution < -0.4 is 5.56 Å². The number of thiophene rings is 1. The minimum absolute atomic E-state index is 0.135. The van der Waals surface area contributed by atoms with Crippen LogP contribution in [0.15, 0.2) is 4.79 Å². The van der Waals surface area contributed by atoms with Crippen LogP contribution in [0, 0.1) is 6.92 Å². The topological polar surface area (TPSA) is 92.3 Å². The molecule has 0 unspecified atom stereocenters. The van der Waals surface area contributed by atoms with E-state index in [1.165, 1.54) is 11.3 Å². The molecule has 2 N–H and O–H groups in total. The van der Waals surface area contributed by atoms with Crippen molar-refractivity contribution >= 4 is 27.5 Å². The number of H-pyrrole nitrogens is 1. The van der Waals surface area contributed by atoms with E-state index in [4.69, 9.17) is 9.84 Å². The molecule has 21 heavy (non-hydrogen) atoms. The molecule has 0 aliphatic heterocycles. The van der Waals surface area contributed by atoms with Gasteiger partial charge in [-0.1, -0.05) is 0 Å². The van der Waals surface area contributed by atoms with Crippen molar-refractivity contribution in [1.29, 1.82) is 0 Å². The fourth-order valence-electron chi connectivity index (χ4n) is 2.19. The molecule has 0 radical (unpaired) electrons. The van der Waals surface area contributed by atoms with Crippen LogP contribution in [0.4, 0.5) is 0 Å². The number of aromatic amines is 1. The molecular formula is C14H18N2O4S. The summed E-state index contributed by atoms with van der Waals surface area (Å²) in [6, 6.07) is 0. The van der Waals surface area contributed by atoms with Gasteiger partial charge in [-0.15, -0.1) is 11.3 Å². The van der Waals surface area contributed by atoms with Crippen molar-refractivity contribution < 1.29 is 14.6 Å². The van der Waals surface area contributed by atoms with Gasteiger partial charge in [-0.2, -0.15) is 0 Å². The Labute approximate surface area is 125 Å². The predicted molar refractivity (Wildman–Crippen MR) is 80.9 cm³/mol. The number of rotatable bonds is 7. The first-order chi connectivity index (χ1) is 10.0. The highest BCUT2D eigenvalue weighted by molar-refractivity contribution is 7.18. The van der Waals surface area contributed by atoms with Crippen LogP contribution in [0.5, 0.6) is 0 Å². The second-order valence-electron chi connectivity index (χ2n) is 4.88. The number of aromatic nitrogens is 2. The fraction of sp³-hybridized carbons (Fsp3) is 0.500. The molecule has 114 valence electrons. The van der Waals surface area contributed by atoms with Gasteiger partial charge in [-0.05, 0) is 25.3 Å². The molecule has 0 fully saturated rings. The number of carboxylic acids is 1. The Kier molecular flexibility index (Phi) is 5.08. The standard InChI is InChI=1S/C14H18N2O4S/c1-8-9(7-20-2)21-14-12(8)13(19)15-10(16-14)5-3-4-6-11(17)18/h3-7H2,1-2H3,(H,17,18)(H,15,16,19). The van der Waals surface area contributed by atoms with Crippen LogP contribution in [0.1, 0.15) is 35.5 Å². The SMILES string of the molecule is COCc1sc2nc(CCCCC(=O)O)[nH]c(=O)c2c1C. The van der Waals surface area contributed by atoms with Crippen molar-refractivity contribution in [1.82, 2.24) is 9.97 Å². The van der Waals surface area contributed by atoms with Gasteiger partial charge in [-0.25, -0.2) is 4.98 Å². The molecule has 0 bridgehead atoms. The van der Waals surface area contributed by atoms with E-state index in [0.29, 0.717) is 37.1 Å². The average Bonchev–Trinajstić information content (AvgIpc) is 2.72. The first-order valence-corrected chi connectivity index (χ1v) is 7.56. The summed E-state index contributed by atoms with van der Waals surface area (Å²) in [5, 5.41) is 9.22. The third-order valence-electron chi connectivity index (χ3n) is 3.28. The van der Waals surface area contributed by atoms with E-state index in [0.717, 1.165) is 15.3 Å². The molecule has 0 atom stereocenters. The van der Waals surface area contributed by atoms with Crippen LogP contribution >= 0.6 is 11.3 Å². The van der Waals surface area contributed by atoms with Crippen LogP contribution in [-0.4, -0.2) is 28.2 Å². The number of nitrogens with one attached hydrogen (secondary N) is 1. The van der Waals surface area contributed by atoms with Crippen LogP contribution in [0.25, 0.3) is 10.2 Å². The maximum Gasteiger partial charge on any atom is 0.303 e. The summed E-state index contributed by atoms with van der Waals surface area (Å²) in [6.45, 7) is 2.37. The Morgan fingerprint density at radius 2 is 2.19 bits per heavy atom. The first kappa shape index (κ1) is 15.7. The minimum Gasteiger partial charge on any atom is -0.481 e. The molecule has 0 saturated heterocycles. The predicted octanol–water partition coefficient (Wildman–Crippen LogP) is 2.24. The van der Waals surface area contributed by atoms with Crippen molar-refractivity contribution in [2.45, 2.75) is 39.2 Å². The normalized spacial score (nSPS) is 11.1. The first-order valence-electron chi connectivity index (χ1n) is 6.74. The maximum absolute atomic E-state index is 12.2. The van der Waals surface area contributed by atoms with Gasteiger partial charge in [0.25, 0.3) is 5.56 Å². The quantitative estimate of drug-likeness (QED) is 0.765. The maximum atomic E-state index is 12.2. The molecular weight excluding hydrogens is 292 g/mol. The highest BCUT2D eigenvalue weighted by Gasteiger charge is 2.14. The van der Waals surface area contributed by atoms with E-state index in [9.17, 15) is 9.59 Å². The zero-order chi connectivity index (χ0) is 15.4. The van der Waals surface area contributed by atoms with E-state index >= 15 is 0 Å². The van der Waals surface area contributed by atoms with Crippen LogP contribution in [-0.2, 0) is 22.6 Å². The number of unbranched alkanes of at least 4 members (excludes halogenated alkanes) is 1. The molecule has 0 amide bonds. The van der Waals surface area contributed by atoms with Crippen molar-refractivity contribution in [2.24, 2.45) is 0 Å². The van der Waals surface area contributed by atoms with Gasteiger partial charge in [-0.3, -0.25) is 9.59 Å². The smallest absolute Gasteiger partial charge is 0.303 e. The largest absolute Gasteiger partial charge is 0.481 e. The Hall–Kier alpha value is -1.73. The zero-order valence-corrected chi connectivity index (χ0v) is 12.9. The number of fused-ring (bicyclic) bond motifs is 1. The number of carbonyl (C=O) groups is 1. The highest BCUT2D eigenvalue weighted by atomic mass is 32.1. The van der Waals surface area contributed by atoms with Crippen molar-refractivity contribution in [3.05, 3.63) is 26.6 Å². The number of ether oxygens (including phenoxy) is 1. The Morgan fingerprint density at radius 3 is 2.86 bits per heavy atom. The number of hydrogen-bond donors (Lipinski definition) is 2. The molecule has 0 aromatic carbocycles. The lowest BCUT2D eigenvalue weighted by Gasteiger charge is -2.00. The lowest BCUT2D eigenvalue weighted by molar-refractivity contribution is -0.137.